The van der Waals surface area contributed by atoms with Crippen LogP contribution < -0.4 is 5.32 Å². The van der Waals surface area contributed by atoms with Gasteiger partial charge in [-0.05, 0) is 46.0 Å². The smallest absolute Gasteiger partial charge is 0.410 e. The lowest BCUT2D eigenvalue weighted by Gasteiger charge is -2.39. The maximum atomic E-state index is 12.3. The Morgan fingerprint density at radius 3 is 2.75 bits per heavy atom. The fraction of sp³-hybridized carbons (Fsp3) is 0.619. The molecule has 7 nitrogen and oxygen atoms in total. The monoisotopic (exact) mass is 387 g/mol. The van der Waals surface area contributed by atoms with E-state index in [2.05, 4.69) is 58.5 Å². The van der Waals surface area contributed by atoms with E-state index >= 15 is 0 Å². The summed E-state index contributed by atoms with van der Waals surface area (Å²) < 4.78 is 5.51. The Kier molecular flexibility index (Phi) is 6.13. The van der Waals surface area contributed by atoms with E-state index in [4.69, 9.17) is 4.74 Å². The van der Waals surface area contributed by atoms with Crippen molar-refractivity contribution in [2.24, 2.45) is 4.99 Å². The summed E-state index contributed by atoms with van der Waals surface area (Å²) in [5, 5.41) is 3.49. The lowest BCUT2D eigenvalue weighted by molar-refractivity contribution is 0.0137. The lowest BCUT2D eigenvalue weighted by Crippen LogP contribution is -2.57. The number of nitrogens with one attached hydrogen (secondary N) is 1. The van der Waals surface area contributed by atoms with Gasteiger partial charge in [-0.3, -0.25) is 4.99 Å². The first-order valence-corrected chi connectivity index (χ1v) is 9.97. The highest BCUT2D eigenvalue weighted by Crippen LogP contribution is 2.19. The summed E-state index contributed by atoms with van der Waals surface area (Å²) in [5.74, 6) is 0.937. The molecule has 0 saturated carbocycles. The Morgan fingerprint density at radius 1 is 1.29 bits per heavy atom. The van der Waals surface area contributed by atoms with Crippen molar-refractivity contribution in [3.05, 3.63) is 35.4 Å². The zero-order chi connectivity index (χ0) is 20.3. The second-order valence-electron chi connectivity index (χ2n) is 8.85. The van der Waals surface area contributed by atoms with Gasteiger partial charge in [0.2, 0.25) is 0 Å². The first-order valence-electron chi connectivity index (χ1n) is 9.97. The highest BCUT2D eigenvalue weighted by Gasteiger charge is 2.36. The summed E-state index contributed by atoms with van der Waals surface area (Å²) in [6.07, 6.45) is -0.230. The Balaban J connectivity index is 1.52. The topological polar surface area (TPSA) is 60.4 Å². The van der Waals surface area contributed by atoms with Crippen LogP contribution in [0.25, 0.3) is 0 Å². The zero-order valence-corrected chi connectivity index (χ0v) is 17.7. The second kappa shape index (κ2) is 8.39. The molecular weight excluding hydrogens is 354 g/mol. The molecule has 1 amide bonds. The molecule has 0 bridgehead atoms. The molecule has 1 saturated heterocycles. The molecule has 2 heterocycles. The summed E-state index contributed by atoms with van der Waals surface area (Å²) >= 11 is 0. The first kappa shape index (κ1) is 20.5. The molecule has 0 radical (unpaired) electrons. The SMILES string of the molecule is CN(C)Cc1cccc(CNC2=NCC3CN(C(=O)OC(C)(C)C)CCN23)c1. The fourth-order valence-electron chi connectivity index (χ4n) is 3.61. The van der Waals surface area contributed by atoms with E-state index in [1.807, 2.05) is 20.8 Å². The number of carbonyl (C=O) groups is 1. The highest BCUT2D eigenvalue weighted by atomic mass is 16.6. The van der Waals surface area contributed by atoms with Gasteiger partial charge in [0.25, 0.3) is 0 Å². The largest absolute Gasteiger partial charge is 0.444 e. The van der Waals surface area contributed by atoms with E-state index < -0.39 is 5.60 Å². The van der Waals surface area contributed by atoms with Gasteiger partial charge < -0.3 is 24.8 Å². The number of benzene rings is 1. The van der Waals surface area contributed by atoms with Gasteiger partial charge in [0.1, 0.15) is 5.60 Å². The molecule has 0 aliphatic carbocycles. The summed E-state index contributed by atoms with van der Waals surface area (Å²) in [7, 11) is 4.16. The molecule has 7 heteroatoms. The van der Waals surface area contributed by atoms with Crippen LogP contribution in [-0.2, 0) is 17.8 Å². The number of rotatable bonds is 4. The molecule has 0 spiro atoms. The molecule has 1 aromatic rings. The van der Waals surface area contributed by atoms with E-state index in [1.54, 1.807) is 4.90 Å². The Hall–Kier alpha value is -2.28. The zero-order valence-electron chi connectivity index (χ0n) is 17.7. The van der Waals surface area contributed by atoms with Crippen molar-refractivity contribution < 1.29 is 9.53 Å². The van der Waals surface area contributed by atoms with Crippen LogP contribution in [0, 0.1) is 0 Å². The number of nitrogens with zero attached hydrogens (tertiary/aromatic N) is 4. The summed E-state index contributed by atoms with van der Waals surface area (Å²) in [6.45, 7) is 10.2. The number of ether oxygens (including phenoxy) is 1. The molecule has 28 heavy (non-hydrogen) atoms. The van der Waals surface area contributed by atoms with Crippen molar-refractivity contribution in [1.29, 1.82) is 0 Å². The number of carbonyl (C=O) groups excluding carboxylic acids is 1. The fourth-order valence-corrected chi connectivity index (χ4v) is 3.61. The van der Waals surface area contributed by atoms with Gasteiger partial charge >= 0.3 is 6.09 Å². The van der Waals surface area contributed by atoms with Gasteiger partial charge in [-0.2, -0.15) is 0 Å². The molecule has 0 aromatic heterocycles. The molecule has 2 aliphatic heterocycles. The number of aliphatic imine (C=N–C) groups is 1. The molecule has 154 valence electrons. The Labute approximate surface area is 168 Å². The van der Waals surface area contributed by atoms with Crippen LogP contribution in [0.2, 0.25) is 0 Å². The van der Waals surface area contributed by atoms with Gasteiger partial charge in [0.15, 0.2) is 5.96 Å². The minimum Gasteiger partial charge on any atom is -0.444 e. The average molecular weight is 388 g/mol. The predicted octanol–water partition coefficient (Wildman–Crippen LogP) is 2.13. The predicted molar refractivity (Wildman–Crippen MR) is 111 cm³/mol. The van der Waals surface area contributed by atoms with Crippen LogP contribution in [0.15, 0.2) is 29.3 Å². The first-order chi connectivity index (χ1) is 13.2. The summed E-state index contributed by atoms with van der Waals surface area (Å²) in [5.41, 5.74) is 2.09. The number of guanidine groups is 1. The lowest BCUT2D eigenvalue weighted by atomic mass is 10.1. The van der Waals surface area contributed by atoms with Gasteiger partial charge in [-0.25, -0.2) is 4.79 Å². The number of amides is 1. The number of hydrogen-bond donors (Lipinski definition) is 1. The maximum Gasteiger partial charge on any atom is 0.410 e. The van der Waals surface area contributed by atoms with Crippen molar-refractivity contribution >= 4 is 12.1 Å². The van der Waals surface area contributed by atoms with Crippen LogP contribution in [0.4, 0.5) is 4.79 Å². The van der Waals surface area contributed by atoms with E-state index in [9.17, 15) is 4.79 Å². The molecule has 1 aromatic carbocycles. The quantitative estimate of drug-likeness (QED) is 0.858. The van der Waals surface area contributed by atoms with Gasteiger partial charge in [-0.1, -0.05) is 24.3 Å². The van der Waals surface area contributed by atoms with Crippen LogP contribution in [0.1, 0.15) is 31.9 Å². The normalized spacial score (nSPS) is 19.5. The van der Waals surface area contributed by atoms with E-state index in [0.29, 0.717) is 19.6 Å². The Bertz CT molecular complexity index is 726. The van der Waals surface area contributed by atoms with Crippen molar-refractivity contribution in [1.82, 2.24) is 20.0 Å². The highest BCUT2D eigenvalue weighted by molar-refractivity contribution is 5.82. The molecule has 2 aliphatic rings. The molecule has 1 atom stereocenters. The van der Waals surface area contributed by atoms with Gasteiger partial charge in [0.05, 0.1) is 12.6 Å². The minimum atomic E-state index is -0.464. The molecule has 1 unspecified atom stereocenters. The second-order valence-corrected chi connectivity index (χ2v) is 8.85. The van der Waals surface area contributed by atoms with Crippen molar-refractivity contribution in [2.75, 3.05) is 40.3 Å². The van der Waals surface area contributed by atoms with Crippen molar-refractivity contribution in [2.45, 2.75) is 45.5 Å². The number of piperazine rings is 1. The van der Waals surface area contributed by atoms with Crippen molar-refractivity contribution in [3.8, 4) is 0 Å². The molecule has 1 fully saturated rings. The summed E-state index contributed by atoms with van der Waals surface area (Å²) in [4.78, 5) is 23.3. The Morgan fingerprint density at radius 2 is 2.04 bits per heavy atom. The summed E-state index contributed by atoms with van der Waals surface area (Å²) in [6, 6.07) is 8.86. The van der Waals surface area contributed by atoms with E-state index in [1.165, 1.54) is 11.1 Å². The van der Waals surface area contributed by atoms with Gasteiger partial charge in [-0.15, -0.1) is 0 Å². The van der Waals surface area contributed by atoms with Crippen LogP contribution in [-0.4, -0.2) is 78.7 Å². The maximum absolute atomic E-state index is 12.3. The third-order valence-electron chi connectivity index (χ3n) is 4.80. The third kappa shape index (κ3) is 5.38. The van der Waals surface area contributed by atoms with Crippen molar-refractivity contribution in [3.63, 3.8) is 0 Å². The van der Waals surface area contributed by atoms with Crippen LogP contribution in [0.3, 0.4) is 0 Å². The molecule has 1 N–H and O–H groups in total. The molecular formula is C21H33N5O2. The number of hydrogen-bond acceptors (Lipinski definition) is 6. The van der Waals surface area contributed by atoms with E-state index in [0.717, 1.165) is 25.6 Å². The standard InChI is InChI=1S/C21H33N5O2/c1-21(2,3)28-20(27)25-9-10-26-18(15-25)13-23-19(26)22-12-16-7-6-8-17(11-16)14-24(4)5/h6-8,11,18H,9-10,12-15H2,1-5H3,(H,22,23). The number of fused-ring (bicyclic) bond motifs is 1. The average Bonchev–Trinajstić information content (AvgIpc) is 3.00. The van der Waals surface area contributed by atoms with E-state index in [-0.39, 0.29) is 12.1 Å². The minimum absolute atomic E-state index is 0.226. The molecule has 3 rings (SSSR count). The third-order valence-corrected chi connectivity index (χ3v) is 4.80. The van der Waals surface area contributed by atoms with Crippen LogP contribution >= 0.6 is 0 Å². The van der Waals surface area contributed by atoms with Gasteiger partial charge in [0, 0.05) is 32.7 Å². The van der Waals surface area contributed by atoms with Crippen LogP contribution in [0.5, 0.6) is 0 Å².